The molecule has 3 rings (SSSR count). The summed E-state index contributed by atoms with van der Waals surface area (Å²) in [6, 6.07) is 8.95. The largest absolute Gasteiger partial charge is 0.355 e. The quantitative estimate of drug-likeness (QED) is 0.876. The van der Waals surface area contributed by atoms with E-state index in [1.165, 1.54) is 18.4 Å². The van der Waals surface area contributed by atoms with E-state index in [2.05, 4.69) is 57.8 Å². The lowest BCUT2D eigenvalue weighted by Gasteiger charge is -2.28. The normalized spacial score (nSPS) is 27.1. The molecule has 4 heteroatoms. The summed E-state index contributed by atoms with van der Waals surface area (Å²) in [5, 5.41) is 6.61. The van der Waals surface area contributed by atoms with Crippen molar-refractivity contribution in [3.8, 4) is 0 Å². The Morgan fingerprint density at radius 3 is 2.95 bits per heavy atom. The molecule has 1 amide bonds. The van der Waals surface area contributed by atoms with Crippen LogP contribution in [-0.2, 0) is 10.2 Å². The fraction of sp³-hybridized carbons (Fsp3) is 0.588. The van der Waals surface area contributed by atoms with Gasteiger partial charge in [0.2, 0.25) is 5.91 Å². The molecule has 1 saturated carbocycles. The fourth-order valence-corrected chi connectivity index (χ4v) is 3.71. The van der Waals surface area contributed by atoms with E-state index in [1.807, 2.05) is 0 Å². The van der Waals surface area contributed by atoms with Gasteiger partial charge in [0.1, 0.15) is 0 Å². The van der Waals surface area contributed by atoms with Crippen LogP contribution in [0.3, 0.4) is 0 Å². The first kappa shape index (κ1) is 15.0. The molecule has 1 saturated heterocycles. The molecule has 1 aliphatic carbocycles. The van der Waals surface area contributed by atoms with Crippen molar-refractivity contribution in [2.75, 3.05) is 13.1 Å². The lowest BCUT2D eigenvalue weighted by Crippen LogP contribution is -2.44. The topological polar surface area (TPSA) is 41.1 Å². The van der Waals surface area contributed by atoms with Gasteiger partial charge in [0.25, 0.3) is 0 Å². The number of halogens is 1. The van der Waals surface area contributed by atoms with Crippen molar-refractivity contribution in [1.29, 1.82) is 0 Å². The highest BCUT2D eigenvalue weighted by Crippen LogP contribution is 2.48. The van der Waals surface area contributed by atoms with Crippen molar-refractivity contribution in [2.24, 2.45) is 5.92 Å². The molecule has 0 unspecified atom stereocenters. The minimum atomic E-state index is 0.179. The van der Waals surface area contributed by atoms with Crippen LogP contribution < -0.4 is 10.6 Å². The van der Waals surface area contributed by atoms with E-state index < -0.39 is 0 Å². The number of hydrogen-bond donors (Lipinski definition) is 2. The molecule has 2 atom stereocenters. The van der Waals surface area contributed by atoms with Gasteiger partial charge in [-0.25, -0.2) is 0 Å². The van der Waals surface area contributed by atoms with Crippen LogP contribution in [0, 0.1) is 5.92 Å². The van der Waals surface area contributed by atoms with E-state index >= 15 is 0 Å². The summed E-state index contributed by atoms with van der Waals surface area (Å²) >= 11 is 3.54. The molecule has 1 aliphatic heterocycles. The first-order valence-corrected chi connectivity index (χ1v) is 8.65. The molecule has 0 radical (unpaired) electrons. The standard InChI is InChI=1S/C17H23BrN2O/c1-12-9-13(5-8-19-12)16(21)20-11-17(6-7-17)14-3-2-4-15(18)10-14/h2-4,10,12-13,19H,5-9,11H2,1H3,(H,20,21)/t12-,13-/m0/s1. The molecule has 3 nitrogen and oxygen atoms in total. The second kappa shape index (κ2) is 6.09. The Balaban J connectivity index is 1.58. The zero-order chi connectivity index (χ0) is 14.9. The number of piperidine rings is 1. The predicted octanol–water partition coefficient (Wildman–Crippen LogP) is 2.99. The van der Waals surface area contributed by atoms with Gasteiger partial charge in [-0.2, -0.15) is 0 Å². The molecular formula is C17H23BrN2O. The van der Waals surface area contributed by atoms with E-state index in [0.717, 1.165) is 30.4 Å². The van der Waals surface area contributed by atoms with Crippen molar-refractivity contribution in [2.45, 2.75) is 44.1 Å². The average molecular weight is 351 g/mol. The first-order valence-electron chi connectivity index (χ1n) is 7.86. The van der Waals surface area contributed by atoms with Crippen LogP contribution in [0.25, 0.3) is 0 Å². The lowest BCUT2D eigenvalue weighted by molar-refractivity contribution is -0.126. The van der Waals surface area contributed by atoms with Crippen LogP contribution in [0.15, 0.2) is 28.7 Å². The molecule has 2 fully saturated rings. The average Bonchev–Trinajstić information content (AvgIpc) is 3.26. The van der Waals surface area contributed by atoms with Crippen molar-refractivity contribution >= 4 is 21.8 Å². The summed E-state index contributed by atoms with van der Waals surface area (Å²) < 4.78 is 1.12. The summed E-state index contributed by atoms with van der Waals surface area (Å²) in [6.07, 6.45) is 4.26. The predicted molar refractivity (Wildman–Crippen MR) is 88.3 cm³/mol. The Hall–Kier alpha value is -0.870. The maximum Gasteiger partial charge on any atom is 0.223 e. The summed E-state index contributed by atoms with van der Waals surface area (Å²) in [5.74, 6) is 0.421. The lowest BCUT2D eigenvalue weighted by atomic mass is 9.91. The Morgan fingerprint density at radius 2 is 2.29 bits per heavy atom. The minimum Gasteiger partial charge on any atom is -0.355 e. The summed E-state index contributed by atoms with van der Waals surface area (Å²) in [6.45, 7) is 3.89. The zero-order valence-electron chi connectivity index (χ0n) is 12.5. The molecule has 1 aromatic rings. The molecule has 0 bridgehead atoms. The van der Waals surface area contributed by atoms with E-state index in [4.69, 9.17) is 0 Å². The Labute approximate surface area is 135 Å². The summed E-state index contributed by atoms with van der Waals surface area (Å²) in [5.41, 5.74) is 1.52. The summed E-state index contributed by atoms with van der Waals surface area (Å²) in [4.78, 5) is 12.4. The van der Waals surface area contributed by atoms with Crippen molar-refractivity contribution in [3.05, 3.63) is 34.3 Å². The third-order valence-corrected chi connectivity index (χ3v) is 5.38. The van der Waals surface area contributed by atoms with Crippen molar-refractivity contribution in [3.63, 3.8) is 0 Å². The third kappa shape index (κ3) is 3.49. The number of carbonyl (C=O) groups is 1. The van der Waals surface area contributed by atoms with Crippen LogP contribution in [0.4, 0.5) is 0 Å². The van der Waals surface area contributed by atoms with Gasteiger partial charge in [-0.1, -0.05) is 28.1 Å². The van der Waals surface area contributed by atoms with Gasteiger partial charge in [-0.15, -0.1) is 0 Å². The van der Waals surface area contributed by atoms with E-state index in [1.54, 1.807) is 0 Å². The third-order valence-electron chi connectivity index (χ3n) is 4.89. The SMILES string of the molecule is C[C@H]1C[C@@H](C(=O)NCC2(c3cccc(Br)c3)CC2)CCN1. The molecule has 0 spiro atoms. The number of benzene rings is 1. The van der Waals surface area contributed by atoms with Crippen LogP contribution in [0.1, 0.15) is 38.2 Å². The van der Waals surface area contributed by atoms with Crippen molar-refractivity contribution < 1.29 is 4.79 Å². The molecular weight excluding hydrogens is 328 g/mol. The highest BCUT2D eigenvalue weighted by atomic mass is 79.9. The highest BCUT2D eigenvalue weighted by molar-refractivity contribution is 9.10. The molecule has 0 aromatic heterocycles. The van der Waals surface area contributed by atoms with E-state index in [9.17, 15) is 4.79 Å². The first-order chi connectivity index (χ1) is 10.1. The Kier molecular flexibility index (Phi) is 4.36. The van der Waals surface area contributed by atoms with Gasteiger partial charge in [-0.3, -0.25) is 4.79 Å². The van der Waals surface area contributed by atoms with E-state index in [0.29, 0.717) is 6.04 Å². The molecule has 114 valence electrons. The van der Waals surface area contributed by atoms with Crippen LogP contribution in [-0.4, -0.2) is 25.0 Å². The van der Waals surface area contributed by atoms with Gasteiger partial charge in [0.05, 0.1) is 0 Å². The number of rotatable bonds is 4. The second-order valence-electron chi connectivity index (χ2n) is 6.58. The molecule has 1 heterocycles. The van der Waals surface area contributed by atoms with Crippen molar-refractivity contribution in [1.82, 2.24) is 10.6 Å². The van der Waals surface area contributed by atoms with Gasteiger partial charge < -0.3 is 10.6 Å². The van der Waals surface area contributed by atoms with Crippen LogP contribution >= 0.6 is 15.9 Å². The smallest absolute Gasteiger partial charge is 0.223 e. The van der Waals surface area contributed by atoms with Crippen LogP contribution in [0.5, 0.6) is 0 Å². The van der Waals surface area contributed by atoms with Gasteiger partial charge >= 0.3 is 0 Å². The van der Waals surface area contributed by atoms with E-state index in [-0.39, 0.29) is 17.2 Å². The van der Waals surface area contributed by atoms with Gasteiger partial charge in [-0.05, 0) is 56.8 Å². The zero-order valence-corrected chi connectivity index (χ0v) is 14.1. The molecule has 21 heavy (non-hydrogen) atoms. The molecule has 1 aromatic carbocycles. The number of amides is 1. The second-order valence-corrected chi connectivity index (χ2v) is 7.50. The highest BCUT2D eigenvalue weighted by Gasteiger charge is 2.44. The van der Waals surface area contributed by atoms with Gasteiger partial charge in [0, 0.05) is 28.4 Å². The number of hydrogen-bond acceptors (Lipinski definition) is 2. The molecule has 2 N–H and O–H groups in total. The number of carbonyl (C=O) groups excluding carboxylic acids is 1. The maximum atomic E-state index is 12.4. The number of nitrogens with one attached hydrogen (secondary N) is 2. The Morgan fingerprint density at radius 1 is 1.48 bits per heavy atom. The Bertz CT molecular complexity index is 527. The fourth-order valence-electron chi connectivity index (χ4n) is 3.31. The molecule has 2 aliphatic rings. The maximum absolute atomic E-state index is 12.4. The van der Waals surface area contributed by atoms with Crippen LogP contribution in [0.2, 0.25) is 0 Å². The summed E-state index contributed by atoms with van der Waals surface area (Å²) in [7, 11) is 0. The minimum absolute atomic E-state index is 0.179. The van der Waals surface area contributed by atoms with Gasteiger partial charge in [0.15, 0.2) is 0 Å². The monoisotopic (exact) mass is 350 g/mol.